The highest BCUT2D eigenvalue weighted by Crippen LogP contribution is 2.19. The lowest BCUT2D eigenvalue weighted by molar-refractivity contribution is -0.116. The Kier molecular flexibility index (Phi) is 6.77. The summed E-state index contributed by atoms with van der Waals surface area (Å²) in [6.45, 7) is 8.71. The second kappa shape index (κ2) is 9.04. The molecule has 0 atom stereocenters. The number of benzene rings is 1. The summed E-state index contributed by atoms with van der Waals surface area (Å²) in [6.07, 6.45) is 1.21. The highest BCUT2D eigenvalue weighted by atomic mass is 16.2. The van der Waals surface area contributed by atoms with Crippen molar-refractivity contribution in [1.82, 2.24) is 9.13 Å². The Morgan fingerprint density at radius 2 is 1.86 bits per heavy atom. The maximum atomic E-state index is 12.4. The molecule has 0 fully saturated rings. The van der Waals surface area contributed by atoms with E-state index < -0.39 is 23.7 Å². The number of nitrogens with zero attached hydrogens (tertiary/aromatic N) is 4. The molecule has 0 aliphatic rings. The minimum Gasteiger partial charge on any atom is -0.369 e. The topological polar surface area (TPSA) is 100 Å². The first-order valence-corrected chi connectivity index (χ1v) is 9.23. The van der Waals surface area contributed by atoms with Gasteiger partial charge in [-0.1, -0.05) is 0 Å². The number of anilines is 2. The summed E-state index contributed by atoms with van der Waals surface area (Å²) in [5.41, 5.74) is 0.0471. The van der Waals surface area contributed by atoms with Gasteiger partial charge in [-0.2, -0.15) is 5.26 Å². The van der Waals surface area contributed by atoms with Crippen molar-refractivity contribution in [3.63, 3.8) is 0 Å². The molecular weight excluding hydrogens is 358 g/mol. The smallest absolute Gasteiger partial charge is 0.331 e. The van der Waals surface area contributed by atoms with E-state index in [-0.39, 0.29) is 5.56 Å². The van der Waals surface area contributed by atoms with Crippen molar-refractivity contribution in [2.24, 2.45) is 0 Å². The Hall–Kier alpha value is -3.34. The Labute approximate surface area is 163 Å². The summed E-state index contributed by atoms with van der Waals surface area (Å²) in [6, 6.07) is 9.48. The average Bonchev–Trinajstić information content (AvgIpc) is 2.67. The van der Waals surface area contributed by atoms with Gasteiger partial charge in [-0.3, -0.25) is 14.2 Å². The largest absolute Gasteiger partial charge is 0.369 e. The first-order valence-electron chi connectivity index (χ1n) is 9.23. The third-order valence-electron chi connectivity index (χ3n) is 4.45. The first-order chi connectivity index (χ1) is 13.3. The van der Waals surface area contributed by atoms with Gasteiger partial charge in [-0.05, 0) is 52.0 Å². The molecule has 0 saturated heterocycles. The van der Waals surface area contributed by atoms with Crippen LogP contribution in [0.4, 0.5) is 11.4 Å². The quantitative estimate of drug-likeness (QED) is 0.785. The fraction of sp³-hybridized carbons (Fsp3) is 0.400. The molecule has 28 heavy (non-hydrogen) atoms. The van der Waals surface area contributed by atoms with Crippen LogP contribution < -0.4 is 21.5 Å². The summed E-state index contributed by atoms with van der Waals surface area (Å²) in [7, 11) is 0. The van der Waals surface area contributed by atoms with Crippen LogP contribution in [0, 0.1) is 11.3 Å². The van der Waals surface area contributed by atoms with Gasteiger partial charge in [0.15, 0.2) is 0 Å². The van der Waals surface area contributed by atoms with Crippen LogP contribution in [-0.2, 0) is 17.9 Å². The number of carbonyl (C=O) groups excluding carboxylic acids is 1. The Morgan fingerprint density at radius 3 is 2.36 bits per heavy atom. The van der Waals surface area contributed by atoms with E-state index in [2.05, 4.69) is 31.0 Å². The molecule has 148 valence electrons. The van der Waals surface area contributed by atoms with Crippen molar-refractivity contribution >= 4 is 17.3 Å². The number of rotatable bonds is 7. The number of amides is 1. The van der Waals surface area contributed by atoms with Gasteiger partial charge in [-0.15, -0.1) is 0 Å². The summed E-state index contributed by atoms with van der Waals surface area (Å²) >= 11 is 0. The molecule has 0 saturated carbocycles. The Balaban J connectivity index is 2.21. The second-order valence-corrected chi connectivity index (χ2v) is 6.59. The molecule has 8 nitrogen and oxygen atoms in total. The van der Waals surface area contributed by atoms with E-state index in [1.54, 1.807) is 25.1 Å². The van der Waals surface area contributed by atoms with Crippen LogP contribution in [0.2, 0.25) is 0 Å². The van der Waals surface area contributed by atoms with Crippen LogP contribution in [0.3, 0.4) is 0 Å². The van der Waals surface area contributed by atoms with Crippen molar-refractivity contribution in [2.75, 3.05) is 16.8 Å². The van der Waals surface area contributed by atoms with Crippen molar-refractivity contribution in [3.8, 4) is 6.07 Å². The summed E-state index contributed by atoms with van der Waals surface area (Å²) in [4.78, 5) is 39.1. The van der Waals surface area contributed by atoms with Crippen LogP contribution >= 0.6 is 0 Å². The molecule has 0 bridgehead atoms. The van der Waals surface area contributed by atoms with Gasteiger partial charge >= 0.3 is 5.69 Å². The number of carbonyl (C=O) groups is 1. The molecule has 1 amide bonds. The minimum absolute atomic E-state index is 0.174. The van der Waals surface area contributed by atoms with Gasteiger partial charge in [0.25, 0.3) is 5.56 Å². The van der Waals surface area contributed by atoms with E-state index in [1.165, 1.54) is 10.8 Å². The van der Waals surface area contributed by atoms with Crippen LogP contribution in [0.5, 0.6) is 0 Å². The van der Waals surface area contributed by atoms with E-state index in [0.29, 0.717) is 18.3 Å². The molecule has 0 unspecified atom stereocenters. The van der Waals surface area contributed by atoms with Crippen LogP contribution in [-0.4, -0.2) is 27.6 Å². The fourth-order valence-corrected chi connectivity index (χ4v) is 3.02. The van der Waals surface area contributed by atoms with Crippen LogP contribution in [0.15, 0.2) is 40.1 Å². The number of aryl methyl sites for hydroxylation is 1. The molecule has 0 radical (unpaired) electrons. The lowest BCUT2D eigenvalue weighted by Gasteiger charge is -2.27. The zero-order valence-corrected chi connectivity index (χ0v) is 16.6. The summed E-state index contributed by atoms with van der Waals surface area (Å²) in [5, 5.41) is 11.8. The summed E-state index contributed by atoms with van der Waals surface area (Å²) in [5.74, 6) is -0.513. The van der Waals surface area contributed by atoms with Gasteiger partial charge in [0.1, 0.15) is 18.2 Å². The summed E-state index contributed by atoms with van der Waals surface area (Å²) < 4.78 is 2.01. The van der Waals surface area contributed by atoms with E-state index in [0.717, 1.165) is 16.8 Å². The highest BCUT2D eigenvalue weighted by molar-refractivity contribution is 5.90. The van der Waals surface area contributed by atoms with Crippen molar-refractivity contribution in [3.05, 3.63) is 56.9 Å². The van der Waals surface area contributed by atoms with Gasteiger partial charge in [-0.25, -0.2) is 9.36 Å². The SMILES string of the molecule is CCN(c1ccc(NC(=O)Cn2c(=O)c(C#N)cn(CC)c2=O)cc1)C(C)C. The third kappa shape index (κ3) is 4.49. The highest BCUT2D eigenvalue weighted by Gasteiger charge is 2.14. The van der Waals surface area contributed by atoms with Crippen molar-refractivity contribution < 1.29 is 4.79 Å². The van der Waals surface area contributed by atoms with E-state index in [4.69, 9.17) is 5.26 Å². The monoisotopic (exact) mass is 383 g/mol. The fourth-order valence-electron chi connectivity index (χ4n) is 3.02. The van der Waals surface area contributed by atoms with E-state index >= 15 is 0 Å². The molecule has 1 aromatic carbocycles. The first kappa shape index (κ1) is 21.0. The standard InChI is InChI=1S/C20H25N5O3/c1-5-23-12-15(11-21)19(27)25(20(23)28)13-18(26)22-16-7-9-17(10-8-16)24(6-2)14(3)4/h7-10,12,14H,5-6,13H2,1-4H3,(H,22,26). The molecule has 0 aliphatic carbocycles. The third-order valence-corrected chi connectivity index (χ3v) is 4.45. The lowest BCUT2D eigenvalue weighted by atomic mass is 10.2. The maximum absolute atomic E-state index is 12.4. The minimum atomic E-state index is -0.766. The maximum Gasteiger partial charge on any atom is 0.331 e. The molecule has 0 spiro atoms. The number of nitriles is 1. The van der Waals surface area contributed by atoms with E-state index in [9.17, 15) is 14.4 Å². The number of hydrogen-bond donors (Lipinski definition) is 1. The van der Waals surface area contributed by atoms with Crippen molar-refractivity contribution in [1.29, 1.82) is 5.26 Å². The molecule has 0 aliphatic heterocycles. The number of hydrogen-bond acceptors (Lipinski definition) is 5. The molecule has 2 rings (SSSR count). The predicted molar refractivity (Wildman–Crippen MR) is 109 cm³/mol. The molecule has 8 heteroatoms. The normalized spacial score (nSPS) is 10.6. The lowest BCUT2D eigenvalue weighted by Crippen LogP contribution is -2.43. The van der Waals surface area contributed by atoms with Crippen LogP contribution in [0.25, 0.3) is 0 Å². The molecule has 1 aromatic heterocycles. The van der Waals surface area contributed by atoms with E-state index in [1.807, 2.05) is 12.1 Å². The Bertz CT molecular complexity index is 996. The average molecular weight is 383 g/mol. The molecular formula is C20H25N5O3. The van der Waals surface area contributed by atoms with Gasteiger partial charge in [0, 0.05) is 36.7 Å². The van der Waals surface area contributed by atoms with Gasteiger partial charge in [0.2, 0.25) is 5.91 Å². The zero-order valence-electron chi connectivity index (χ0n) is 16.6. The van der Waals surface area contributed by atoms with Gasteiger partial charge < -0.3 is 10.2 Å². The van der Waals surface area contributed by atoms with Gasteiger partial charge in [0.05, 0.1) is 0 Å². The van der Waals surface area contributed by atoms with Crippen LogP contribution in [0.1, 0.15) is 33.3 Å². The Morgan fingerprint density at radius 1 is 1.21 bits per heavy atom. The second-order valence-electron chi connectivity index (χ2n) is 6.59. The molecule has 1 heterocycles. The molecule has 1 N–H and O–H groups in total. The molecule has 2 aromatic rings. The number of nitrogens with one attached hydrogen (secondary N) is 1. The van der Waals surface area contributed by atoms with Crippen molar-refractivity contribution in [2.45, 2.75) is 46.8 Å². The number of aromatic nitrogens is 2. The predicted octanol–water partition coefficient (Wildman–Crippen LogP) is 1.77. The zero-order chi connectivity index (χ0) is 20.8.